The largest absolute Gasteiger partial charge is 0.497 e. The van der Waals surface area contributed by atoms with Crippen molar-refractivity contribution in [2.75, 3.05) is 25.3 Å². The minimum Gasteiger partial charge on any atom is -0.497 e. The summed E-state index contributed by atoms with van der Waals surface area (Å²) >= 11 is 1.31. The number of benzene rings is 2. The number of carbonyl (C=O) groups is 1. The number of nitrogens with one attached hydrogen (secondary N) is 1. The van der Waals surface area contributed by atoms with Gasteiger partial charge in [-0.15, -0.1) is 10.2 Å². The van der Waals surface area contributed by atoms with Crippen molar-refractivity contribution in [3.8, 4) is 22.8 Å². The Kier molecular flexibility index (Phi) is 5.81. The molecule has 34 heavy (non-hydrogen) atoms. The Morgan fingerprint density at radius 2 is 1.85 bits per heavy atom. The summed E-state index contributed by atoms with van der Waals surface area (Å²) in [6.45, 7) is 1.96. The number of hydrogen-bond acceptors (Lipinski definition) is 7. The summed E-state index contributed by atoms with van der Waals surface area (Å²) < 4.78 is 14.2. The molecule has 2 aromatic carbocycles. The molecule has 0 bridgehead atoms. The molecule has 172 valence electrons. The van der Waals surface area contributed by atoms with E-state index < -0.39 is 0 Å². The third-order valence-electron chi connectivity index (χ3n) is 5.33. The van der Waals surface area contributed by atoms with E-state index in [0.29, 0.717) is 22.2 Å². The molecule has 10 heteroatoms. The molecular weight excluding hydrogens is 452 g/mol. The highest BCUT2D eigenvalue weighted by Gasteiger charge is 2.15. The van der Waals surface area contributed by atoms with Crippen LogP contribution >= 0.6 is 11.8 Å². The minimum atomic E-state index is -0.155. The van der Waals surface area contributed by atoms with E-state index in [1.54, 1.807) is 18.7 Å². The molecule has 1 N–H and O–H groups in total. The summed E-state index contributed by atoms with van der Waals surface area (Å²) in [5, 5.41) is 16.8. The second-order valence-corrected chi connectivity index (χ2v) is 8.55. The van der Waals surface area contributed by atoms with Crippen molar-refractivity contribution >= 4 is 34.5 Å². The van der Waals surface area contributed by atoms with E-state index >= 15 is 0 Å². The number of rotatable bonds is 7. The normalized spacial score (nSPS) is 11.1. The Morgan fingerprint density at radius 1 is 1.03 bits per heavy atom. The van der Waals surface area contributed by atoms with Gasteiger partial charge in [0.1, 0.15) is 17.0 Å². The first-order valence-corrected chi connectivity index (χ1v) is 11.5. The van der Waals surface area contributed by atoms with Crippen LogP contribution in [0.2, 0.25) is 0 Å². The molecule has 0 spiro atoms. The quantitative estimate of drug-likeness (QED) is 0.355. The fourth-order valence-corrected chi connectivity index (χ4v) is 4.35. The molecule has 9 nitrogen and oxygen atoms in total. The first kappa shape index (κ1) is 21.8. The number of thioether (sulfide) groups is 1. The Hall–Kier alpha value is -4.05. The van der Waals surface area contributed by atoms with Gasteiger partial charge in [0.25, 0.3) is 0 Å². The molecule has 3 aromatic heterocycles. The van der Waals surface area contributed by atoms with E-state index in [1.807, 2.05) is 72.2 Å². The molecule has 0 aliphatic carbocycles. The van der Waals surface area contributed by atoms with Crippen molar-refractivity contribution in [2.45, 2.75) is 12.1 Å². The fraction of sp³-hybridized carbons (Fsp3) is 0.167. The first-order valence-electron chi connectivity index (χ1n) is 10.5. The van der Waals surface area contributed by atoms with Gasteiger partial charge in [-0.05, 0) is 55.0 Å². The van der Waals surface area contributed by atoms with Gasteiger partial charge >= 0.3 is 0 Å². The van der Waals surface area contributed by atoms with E-state index in [9.17, 15) is 4.79 Å². The average molecular weight is 475 g/mol. The highest BCUT2D eigenvalue weighted by molar-refractivity contribution is 7.99. The molecule has 0 aliphatic heterocycles. The van der Waals surface area contributed by atoms with Gasteiger partial charge in [0, 0.05) is 18.0 Å². The molecule has 0 aliphatic rings. The van der Waals surface area contributed by atoms with Crippen LogP contribution in [0.4, 0.5) is 5.69 Å². The molecule has 0 atom stereocenters. The Labute approximate surface area is 199 Å². The Morgan fingerprint density at radius 3 is 2.62 bits per heavy atom. The number of nitrogens with zero attached hydrogens (tertiary/aromatic N) is 5. The summed E-state index contributed by atoms with van der Waals surface area (Å²) in [5.74, 6) is 1.43. The second-order valence-electron chi connectivity index (χ2n) is 7.60. The van der Waals surface area contributed by atoms with E-state index in [1.165, 1.54) is 11.8 Å². The van der Waals surface area contributed by atoms with Gasteiger partial charge in [-0.1, -0.05) is 17.8 Å². The third kappa shape index (κ3) is 4.15. The maximum Gasteiger partial charge on any atom is 0.234 e. The van der Waals surface area contributed by atoms with Crippen molar-refractivity contribution in [1.29, 1.82) is 0 Å². The van der Waals surface area contributed by atoms with Crippen molar-refractivity contribution in [3.63, 3.8) is 0 Å². The van der Waals surface area contributed by atoms with Gasteiger partial charge in [-0.25, -0.2) is 4.52 Å². The van der Waals surface area contributed by atoms with E-state index in [-0.39, 0.29) is 11.7 Å². The molecular formula is C24H22N6O3S. The van der Waals surface area contributed by atoms with Crippen LogP contribution in [0, 0.1) is 6.92 Å². The highest BCUT2D eigenvalue weighted by atomic mass is 32.2. The average Bonchev–Trinajstić information content (AvgIpc) is 3.47. The third-order valence-corrected chi connectivity index (χ3v) is 6.28. The Bertz CT molecular complexity index is 1490. The highest BCUT2D eigenvalue weighted by Crippen LogP contribution is 2.27. The summed E-state index contributed by atoms with van der Waals surface area (Å²) in [5.41, 5.74) is 4.95. The van der Waals surface area contributed by atoms with Crippen LogP contribution in [0.3, 0.4) is 0 Å². The molecule has 5 rings (SSSR count). The monoisotopic (exact) mass is 474 g/mol. The number of anilines is 1. The van der Waals surface area contributed by atoms with Gasteiger partial charge < -0.3 is 14.8 Å². The topological polar surface area (TPSA) is 95.0 Å². The number of hydrogen-bond donors (Lipinski definition) is 1. The van der Waals surface area contributed by atoms with E-state index in [0.717, 1.165) is 28.1 Å². The van der Waals surface area contributed by atoms with Gasteiger partial charge in [0.15, 0.2) is 10.8 Å². The molecule has 1 amide bonds. The Balaban J connectivity index is 1.35. The van der Waals surface area contributed by atoms with E-state index in [4.69, 9.17) is 9.47 Å². The van der Waals surface area contributed by atoms with Crippen LogP contribution < -0.4 is 14.8 Å². The van der Waals surface area contributed by atoms with Crippen LogP contribution in [0.15, 0.2) is 66.1 Å². The van der Waals surface area contributed by atoms with E-state index in [2.05, 4.69) is 20.6 Å². The SMILES string of the molecule is COc1ccc(-c2cc3c4nnc(SCC(=O)Nc5cc(C)ccc5OC)n4ccn3n2)cc1. The van der Waals surface area contributed by atoms with Crippen LogP contribution in [0.1, 0.15) is 5.56 Å². The lowest BCUT2D eigenvalue weighted by Crippen LogP contribution is -2.15. The first-order chi connectivity index (χ1) is 16.6. The maximum absolute atomic E-state index is 12.6. The fourth-order valence-electron chi connectivity index (χ4n) is 3.63. The zero-order chi connectivity index (χ0) is 23.7. The van der Waals surface area contributed by atoms with Crippen molar-refractivity contribution in [3.05, 3.63) is 66.5 Å². The van der Waals surface area contributed by atoms with Crippen LogP contribution in [0.25, 0.3) is 22.4 Å². The smallest absolute Gasteiger partial charge is 0.234 e. The standard InChI is InChI=1S/C24H22N6O3S/c1-15-4-9-21(33-3)19(12-15)25-22(31)14-34-24-27-26-23-20-13-18(28-30(20)11-10-29(23)24)16-5-7-17(32-2)8-6-16/h4-13H,14H2,1-3H3,(H,25,31). The maximum atomic E-state index is 12.6. The molecule has 0 saturated heterocycles. The number of amides is 1. The lowest BCUT2D eigenvalue weighted by atomic mass is 10.1. The summed E-state index contributed by atoms with van der Waals surface area (Å²) in [4.78, 5) is 12.6. The molecule has 0 saturated carbocycles. The second kappa shape index (κ2) is 9.06. The van der Waals surface area contributed by atoms with Gasteiger partial charge in [-0.3, -0.25) is 9.20 Å². The zero-order valence-corrected chi connectivity index (χ0v) is 19.7. The van der Waals surface area contributed by atoms with Gasteiger partial charge in [-0.2, -0.15) is 5.10 Å². The lowest BCUT2D eigenvalue weighted by molar-refractivity contribution is -0.113. The molecule has 0 radical (unpaired) electrons. The van der Waals surface area contributed by atoms with Gasteiger partial charge in [0.2, 0.25) is 5.91 Å². The number of methoxy groups -OCH3 is 2. The van der Waals surface area contributed by atoms with Crippen molar-refractivity contribution < 1.29 is 14.3 Å². The van der Waals surface area contributed by atoms with Crippen LogP contribution in [-0.4, -0.2) is 50.1 Å². The molecule has 3 heterocycles. The molecule has 0 fully saturated rings. The molecule has 0 unspecified atom stereocenters. The minimum absolute atomic E-state index is 0.155. The number of aryl methyl sites for hydroxylation is 1. The summed E-state index contributed by atoms with van der Waals surface area (Å²) in [6.07, 6.45) is 3.69. The zero-order valence-electron chi connectivity index (χ0n) is 18.8. The predicted octanol–water partition coefficient (Wildman–Crippen LogP) is 4.10. The van der Waals surface area contributed by atoms with Crippen LogP contribution in [-0.2, 0) is 4.79 Å². The molecule has 5 aromatic rings. The van der Waals surface area contributed by atoms with Crippen molar-refractivity contribution in [2.24, 2.45) is 0 Å². The van der Waals surface area contributed by atoms with Crippen molar-refractivity contribution in [1.82, 2.24) is 24.2 Å². The number of aromatic nitrogens is 5. The lowest BCUT2D eigenvalue weighted by Gasteiger charge is -2.10. The number of carbonyl (C=O) groups excluding carboxylic acids is 1. The number of fused-ring (bicyclic) bond motifs is 3. The summed E-state index contributed by atoms with van der Waals surface area (Å²) in [6, 6.07) is 15.3. The van der Waals surface area contributed by atoms with Gasteiger partial charge in [0.05, 0.1) is 31.4 Å². The predicted molar refractivity (Wildman–Crippen MR) is 131 cm³/mol. The number of ether oxygens (including phenoxy) is 2. The summed E-state index contributed by atoms with van der Waals surface area (Å²) in [7, 11) is 3.22. The van der Waals surface area contributed by atoms with Crippen LogP contribution in [0.5, 0.6) is 11.5 Å².